The fourth-order valence-corrected chi connectivity index (χ4v) is 2.34. The van der Waals surface area contributed by atoms with Gasteiger partial charge in [-0.05, 0) is 44.8 Å². The Morgan fingerprint density at radius 1 is 1.40 bits per heavy atom. The zero-order chi connectivity index (χ0) is 11.1. The highest BCUT2D eigenvalue weighted by Gasteiger charge is 2.21. The Morgan fingerprint density at radius 2 is 2.07 bits per heavy atom. The summed E-state index contributed by atoms with van der Waals surface area (Å²) < 4.78 is 0. The molecule has 0 radical (unpaired) electrons. The van der Waals surface area contributed by atoms with E-state index in [0.717, 1.165) is 25.7 Å². The second kappa shape index (κ2) is 7.20. The second-order valence-corrected chi connectivity index (χ2v) is 4.76. The first-order chi connectivity index (χ1) is 7.27. The van der Waals surface area contributed by atoms with Crippen molar-refractivity contribution in [2.45, 2.75) is 39.2 Å². The molecule has 1 fully saturated rings. The summed E-state index contributed by atoms with van der Waals surface area (Å²) in [6.45, 7) is 9.20. The lowest BCUT2D eigenvalue weighted by Crippen LogP contribution is -2.45. The number of rotatable bonds is 6. The van der Waals surface area contributed by atoms with Gasteiger partial charge in [-0.2, -0.15) is 0 Å². The summed E-state index contributed by atoms with van der Waals surface area (Å²) in [4.78, 5) is 2.57. The first-order valence-electron chi connectivity index (χ1n) is 6.33. The van der Waals surface area contributed by atoms with Gasteiger partial charge in [0.05, 0.1) is 0 Å². The largest absolute Gasteiger partial charge is 0.396 e. The van der Waals surface area contributed by atoms with Crippen LogP contribution in [0.4, 0.5) is 0 Å². The molecule has 0 aromatic heterocycles. The van der Waals surface area contributed by atoms with Crippen molar-refractivity contribution < 1.29 is 5.11 Å². The number of hydrogen-bond acceptors (Lipinski definition) is 3. The van der Waals surface area contributed by atoms with Gasteiger partial charge in [-0.3, -0.25) is 4.90 Å². The molecule has 1 aliphatic rings. The van der Waals surface area contributed by atoms with Gasteiger partial charge in [0.15, 0.2) is 0 Å². The highest BCUT2D eigenvalue weighted by atomic mass is 16.3. The van der Waals surface area contributed by atoms with E-state index in [1.807, 2.05) is 0 Å². The predicted molar refractivity (Wildman–Crippen MR) is 64.0 cm³/mol. The van der Waals surface area contributed by atoms with Crippen molar-refractivity contribution in [1.82, 2.24) is 10.2 Å². The van der Waals surface area contributed by atoms with Crippen LogP contribution in [0.15, 0.2) is 0 Å². The fraction of sp³-hybridized carbons (Fsp3) is 1.00. The van der Waals surface area contributed by atoms with Crippen LogP contribution < -0.4 is 5.32 Å². The van der Waals surface area contributed by atoms with Crippen LogP contribution in [-0.4, -0.2) is 48.8 Å². The van der Waals surface area contributed by atoms with Crippen LogP contribution in [0.1, 0.15) is 33.1 Å². The van der Waals surface area contributed by atoms with Crippen LogP contribution in [-0.2, 0) is 0 Å². The first-order valence-corrected chi connectivity index (χ1v) is 6.33. The lowest BCUT2D eigenvalue weighted by atomic mass is 10.0. The third-order valence-corrected chi connectivity index (χ3v) is 3.19. The Hall–Kier alpha value is -0.120. The molecule has 0 aromatic rings. The fourth-order valence-electron chi connectivity index (χ4n) is 2.34. The zero-order valence-electron chi connectivity index (χ0n) is 10.2. The van der Waals surface area contributed by atoms with Crippen molar-refractivity contribution in [3.05, 3.63) is 0 Å². The van der Waals surface area contributed by atoms with Crippen LogP contribution in [0.3, 0.4) is 0 Å². The van der Waals surface area contributed by atoms with Gasteiger partial charge in [-0.1, -0.05) is 13.8 Å². The lowest BCUT2D eigenvalue weighted by Gasteiger charge is -2.35. The standard InChI is InChI=1S/C12H26N2O/c1-3-8-14(9-11(2)10-15)12-4-6-13-7-5-12/h11-13,15H,3-10H2,1-2H3. The molecule has 0 spiro atoms. The normalized spacial score (nSPS) is 20.8. The van der Waals surface area contributed by atoms with Crippen LogP contribution in [0.2, 0.25) is 0 Å². The molecule has 1 atom stereocenters. The van der Waals surface area contributed by atoms with E-state index in [1.165, 1.54) is 25.8 Å². The molecule has 3 heteroatoms. The molecule has 1 unspecified atom stereocenters. The molecule has 0 aromatic carbocycles. The van der Waals surface area contributed by atoms with Crippen molar-refractivity contribution in [2.24, 2.45) is 5.92 Å². The zero-order valence-corrected chi connectivity index (χ0v) is 10.2. The number of nitrogens with one attached hydrogen (secondary N) is 1. The van der Waals surface area contributed by atoms with E-state index in [4.69, 9.17) is 5.11 Å². The maximum absolute atomic E-state index is 9.11. The van der Waals surface area contributed by atoms with Crippen molar-refractivity contribution in [3.8, 4) is 0 Å². The Morgan fingerprint density at radius 3 is 2.60 bits per heavy atom. The summed E-state index contributed by atoms with van der Waals surface area (Å²) in [7, 11) is 0. The average Bonchev–Trinajstić information content (AvgIpc) is 2.29. The quantitative estimate of drug-likeness (QED) is 0.694. The SMILES string of the molecule is CCCN(CC(C)CO)C1CCNCC1. The van der Waals surface area contributed by atoms with Gasteiger partial charge < -0.3 is 10.4 Å². The summed E-state index contributed by atoms with van der Waals surface area (Å²) in [5.74, 6) is 0.409. The van der Waals surface area contributed by atoms with Crippen LogP contribution in [0.25, 0.3) is 0 Å². The Bertz CT molecular complexity index is 158. The van der Waals surface area contributed by atoms with Gasteiger partial charge in [-0.15, -0.1) is 0 Å². The number of aliphatic hydroxyl groups excluding tert-OH is 1. The van der Waals surface area contributed by atoms with E-state index in [1.54, 1.807) is 0 Å². The third-order valence-electron chi connectivity index (χ3n) is 3.19. The van der Waals surface area contributed by atoms with Gasteiger partial charge >= 0.3 is 0 Å². The highest BCUT2D eigenvalue weighted by Crippen LogP contribution is 2.14. The number of nitrogens with zero attached hydrogens (tertiary/aromatic N) is 1. The van der Waals surface area contributed by atoms with E-state index in [9.17, 15) is 0 Å². The molecule has 15 heavy (non-hydrogen) atoms. The molecule has 90 valence electrons. The number of piperidine rings is 1. The van der Waals surface area contributed by atoms with Gasteiger partial charge in [0, 0.05) is 19.2 Å². The Kier molecular flexibility index (Phi) is 6.22. The van der Waals surface area contributed by atoms with Crippen LogP contribution in [0, 0.1) is 5.92 Å². The van der Waals surface area contributed by atoms with Gasteiger partial charge in [0.1, 0.15) is 0 Å². The topological polar surface area (TPSA) is 35.5 Å². The van der Waals surface area contributed by atoms with E-state index in [2.05, 4.69) is 24.1 Å². The molecular weight excluding hydrogens is 188 g/mol. The van der Waals surface area contributed by atoms with Crippen LogP contribution >= 0.6 is 0 Å². The van der Waals surface area contributed by atoms with Crippen molar-refractivity contribution >= 4 is 0 Å². The van der Waals surface area contributed by atoms with Crippen molar-refractivity contribution in [1.29, 1.82) is 0 Å². The molecule has 3 nitrogen and oxygen atoms in total. The molecule has 0 saturated carbocycles. The van der Waals surface area contributed by atoms with Crippen molar-refractivity contribution in [3.63, 3.8) is 0 Å². The molecular formula is C12H26N2O. The highest BCUT2D eigenvalue weighted by molar-refractivity contribution is 4.78. The summed E-state index contributed by atoms with van der Waals surface area (Å²) in [6.07, 6.45) is 3.73. The summed E-state index contributed by atoms with van der Waals surface area (Å²) in [5, 5.41) is 12.5. The van der Waals surface area contributed by atoms with Crippen LogP contribution in [0.5, 0.6) is 0 Å². The molecule has 1 heterocycles. The number of aliphatic hydroxyl groups is 1. The van der Waals surface area contributed by atoms with E-state index < -0.39 is 0 Å². The average molecular weight is 214 g/mol. The molecule has 1 saturated heterocycles. The van der Waals surface area contributed by atoms with Gasteiger partial charge in [-0.25, -0.2) is 0 Å². The van der Waals surface area contributed by atoms with Crippen molar-refractivity contribution in [2.75, 3.05) is 32.8 Å². The maximum atomic E-state index is 9.11. The molecule has 0 amide bonds. The maximum Gasteiger partial charge on any atom is 0.0468 e. The minimum absolute atomic E-state index is 0.311. The van der Waals surface area contributed by atoms with Gasteiger partial charge in [0.2, 0.25) is 0 Å². The minimum atomic E-state index is 0.311. The number of hydrogen-bond donors (Lipinski definition) is 2. The van der Waals surface area contributed by atoms with E-state index in [0.29, 0.717) is 12.5 Å². The monoisotopic (exact) mass is 214 g/mol. The van der Waals surface area contributed by atoms with E-state index in [-0.39, 0.29) is 0 Å². The molecule has 0 bridgehead atoms. The minimum Gasteiger partial charge on any atom is -0.396 e. The Labute approximate surface area is 93.9 Å². The Balaban J connectivity index is 2.39. The molecule has 1 rings (SSSR count). The first kappa shape index (κ1) is 12.9. The van der Waals surface area contributed by atoms with E-state index >= 15 is 0 Å². The molecule has 0 aliphatic carbocycles. The predicted octanol–water partition coefficient (Wildman–Crippen LogP) is 1.08. The summed E-state index contributed by atoms with van der Waals surface area (Å²) >= 11 is 0. The smallest absolute Gasteiger partial charge is 0.0468 e. The third kappa shape index (κ3) is 4.49. The second-order valence-electron chi connectivity index (χ2n) is 4.76. The molecule has 1 aliphatic heterocycles. The van der Waals surface area contributed by atoms with Gasteiger partial charge in [0.25, 0.3) is 0 Å². The summed E-state index contributed by atoms with van der Waals surface area (Å²) in [5.41, 5.74) is 0. The lowest BCUT2D eigenvalue weighted by molar-refractivity contribution is 0.117. The summed E-state index contributed by atoms with van der Waals surface area (Å²) in [6, 6.07) is 0.736. The molecule has 2 N–H and O–H groups in total.